The number of aromatic nitrogens is 1. The highest BCUT2D eigenvalue weighted by atomic mass is 16.4. The Morgan fingerprint density at radius 2 is 0.968 bits per heavy atom. The Morgan fingerprint density at radius 3 is 1.52 bits per heavy atom. The lowest BCUT2D eigenvalue weighted by atomic mass is 9.94. The number of aliphatic hydroxyl groups excluding tert-OH is 5. The molecular formula is C80H128N21O25+. The number of nitrogens with one attached hydrogen (secondary N) is 15. The summed E-state index contributed by atoms with van der Waals surface area (Å²) in [6, 6.07) is -17.4. The molecule has 2 fully saturated rings. The molecule has 46 nitrogen and oxygen atoms in total. The summed E-state index contributed by atoms with van der Waals surface area (Å²) in [6.45, 7) is 10.6. The number of rotatable bonds is 51. The van der Waals surface area contributed by atoms with E-state index in [1.807, 2.05) is 0 Å². The zero-order chi connectivity index (χ0) is 94.3. The molecule has 0 unspecified atom stereocenters. The number of nitrogens with two attached hydrogens (primary N) is 2. The quantitative estimate of drug-likeness (QED) is 0.0166. The first-order chi connectivity index (χ1) is 59.5. The number of nitrogens with zero attached hydrogens (tertiary/aromatic N) is 3. The van der Waals surface area contributed by atoms with Crippen molar-refractivity contribution in [3.05, 3.63) is 48.2 Å². The molecule has 2 saturated heterocycles. The Balaban J connectivity index is 1.22. The molecule has 5 rings (SSSR count). The normalized spacial score (nSPS) is 18.8. The molecule has 1 aromatic heterocycles. The highest BCUT2D eigenvalue weighted by Crippen LogP contribution is 2.25. The third kappa shape index (κ3) is 30.2. The Morgan fingerprint density at radius 1 is 0.508 bits per heavy atom. The van der Waals surface area contributed by atoms with Gasteiger partial charge in [0.1, 0.15) is 96.9 Å². The molecule has 0 aliphatic carbocycles. The molecule has 1 aromatic carbocycles. The number of benzene rings is 1. The van der Waals surface area contributed by atoms with E-state index in [1.165, 1.54) is 28.9 Å². The number of carbonyl (C=O) groups excluding carboxylic acids is 16. The zero-order valence-electron chi connectivity index (χ0n) is 72.6. The molecule has 2 aromatic rings. The van der Waals surface area contributed by atoms with E-state index < -0.39 is 285 Å². The molecule has 3 aliphatic heterocycles. The molecule has 0 radical (unpaired) electrons. The molecule has 4 heterocycles. The Bertz CT molecular complexity index is 4180. The average molecular weight is 1780 g/mol. The largest absolute Gasteiger partial charge is 0.481 e. The Hall–Kier alpha value is -11.4. The standard InChI is InChI=1S/C80H127N21O25/c1-11-40(7)61(97-75(121)62(41(8)12-2)96-65(111)48(25-26-58(108)109)88-67(113)50(34-102)90-64(110)46(81)20-15-27-84-80(82)83)74(120)93-53(37-105)70(116)98-63(43(10)106)76(122)87-42(9)77(123)100-29-17-23-55(100)72(118)92-52(36-104)69(115)91-51(35-103)68(114)89-49(31-44-32-85-47-21-14-13-19-45(44)47)66(112)94-59(38(3)4)73(119)95-60(39(5)6)78(124)101-30-16-22-54(101)71(117)86-33-57(107)99-28-18-24-56(99)79(125)126/h13-14,17,19,21,23,32,38-43,46,48-56,59-63,80,84-85,102-106H,11-12,15-16,18,20,22,24-31,33-37,81-83H2,1-10H3,(H,86,117)(H,87,122)(H,88,113)(H,89,114)(H,90,110)(H,91,115)(H,92,118)(H,93,120)(H,94,112)(H,95,119)(H,96,111)(H,97,121)(H,98,116)(H,108,109)(H,125,126)/p+1/t40-,41-,42-,43+,46-,48-,49-,50-,51-,52-,53-,54-,55-,56-,59-,60-,61-,62-,63-/m0/s1. The number of aromatic amines is 1. The summed E-state index contributed by atoms with van der Waals surface area (Å²) in [4.78, 5) is 253. The number of aliphatic hydroxyl groups is 5. The second-order valence-electron chi connectivity index (χ2n) is 32.4. The first-order valence-electron chi connectivity index (χ1n) is 42.2. The van der Waals surface area contributed by atoms with Gasteiger partial charge in [0, 0.05) is 56.0 Å². The van der Waals surface area contributed by atoms with E-state index in [2.05, 4.69) is 85.2 Å². The van der Waals surface area contributed by atoms with E-state index >= 15 is 0 Å². The molecule has 126 heavy (non-hydrogen) atoms. The minimum absolute atomic E-state index is 0.111. The molecule has 0 saturated carbocycles. The Labute approximate surface area is 727 Å². The SMILES string of the molecule is CC[C@H](C)[C@H](NC(=O)[C@H](CCC(=O)O)NC(=O)[C@H](CO)NC(=O)[C@@H]([NH3+])CCCNC(N)N)C(=O)N[C@H](C(=O)N[C@@H](CO)C(=O)N[C@H](C(=O)N[C@@H](C)C(=O)N1CC=C[C@H]1C(=O)N[C@@H](CO)C(=O)N[C@@H](CO)C(=O)N[C@@H](Cc1c[nH]c2ccccc12)C(=O)N[C@H](C(=O)N[C@H](C(=O)N1CCC[C@H]1C(=O)NCC(=O)N1CCC[C@H]1C(=O)O)C(C)C)C(C)C)[C@@H](C)O)[C@@H](C)CC. The van der Waals surface area contributed by atoms with Gasteiger partial charge in [-0.05, 0) is 94.2 Å². The van der Waals surface area contributed by atoms with Crippen LogP contribution in [0.2, 0.25) is 0 Å². The lowest BCUT2D eigenvalue weighted by Crippen LogP contribution is -2.69. The third-order valence-corrected chi connectivity index (χ3v) is 22.2. The third-order valence-electron chi connectivity index (χ3n) is 22.2. The van der Waals surface area contributed by atoms with Crippen molar-refractivity contribution in [2.75, 3.05) is 59.2 Å². The van der Waals surface area contributed by atoms with Crippen molar-refractivity contribution < 1.29 is 128 Å². The lowest BCUT2D eigenvalue weighted by molar-refractivity contribution is -0.405. The number of carbonyl (C=O) groups is 18. The number of fused-ring (bicyclic) bond motifs is 1. The summed E-state index contributed by atoms with van der Waals surface area (Å²) in [5.74, 6) is -20.9. The van der Waals surface area contributed by atoms with Crippen LogP contribution < -0.4 is 91.6 Å². The van der Waals surface area contributed by atoms with Crippen LogP contribution in [0.15, 0.2) is 42.6 Å². The maximum absolute atomic E-state index is 14.7. The number of quaternary nitrogens is 1. The second kappa shape index (κ2) is 50.7. The van der Waals surface area contributed by atoms with Gasteiger partial charge in [-0.3, -0.25) is 86.8 Å². The maximum Gasteiger partial charge on any atom is 0.326 e. The summed E-state index contributed by atoms with van der Waals surface area (Å²) in [6.07, 6.45) is 2.47. The van der Waals surface area contributed by atoms with Crippen molar-refractivity contribution in [1.82, 2.24) is 94.1 Å². The summed E-state index contributed by atoms with van der Waals surface area (Å²) in [5, 5.41) is 107. The molecule has 702 valence electrons. The number of carboxylic acids is 2. The molecule has 46 heteroatoms. The van der Waals surface area contributed by atoms with Crippen LogP contribution in [0.4, 0.5) is 0 Å². The van der Waals surface area contributed by atoms with Crippen LogP contribution in [-0.4, -0.2) is 330 Å². The van der Waals surface area contributed by atoms with Crippen LogP contribution in [0, 0.1) is 23.7 Å². The van der Waals surface area contributed by atoms with Crippen LogP contribution in [0.3, 0.4) is 0 Å². The lowest BCUT2D eigenvalue weighted by Gasteiger charge is -2.32. The second-order valence-corrected chi connectivity index (χ2v) is 32.4. The van der Waals surface area contributed by atoms with Crippen molar-refractivity contribution in [3.8, 4) is 0 Å². The van der Waals surface area contributed by atoms with Crippen molar-refractivity contribution in [2.45, 2.75) is 249 Å². The molecule has 29 N–H and O–H groups in total. The van der Waals surface area contributed by atoms with Gasteiger partial charge in [0.15, 0.2) is 6.04 Å². The minimum atomic E-state index is -1.93. The monoisotopic (exact) mass is 1780 g/mol. The van der Waals surface area contributed by atoms with Gasteiger partial charge < -0.3 is 142 Å². The van der Waals surface area contributed by atoms with Gasteiger partial charge in [-0.25, -0.2) is 4.79 Å². The predicted octanol–water partition coefficient (Wildman–Crippen LogP) is -9.70. The molecule has 3 aliphatic rings. The number of amides is 16. The van der Waals surface area contributed by atoms with Crippen molar-refractivity contribution >= 4 is 117 Å². The number of hydrogen-bond donors (Lipinski definition) is 25. The molecule has 0 spiro atoms. The van der Waals surface area contributed by atoms with E-state index in [0.29, 0.717) is 42.3 Å². The van der Waals surface area contributed by atoms with Gasteiger partial charge in [-0.15, -0.1) is 0 Å². The van der Waals surface area contributed by atoms with Crippen molar-refractivity contribution in [2.24, 2.45) is 35.1 Å². The zero-order valence-corrected chi connectivity index (χ0v) is 72.6. The number of hydrogen-bond acceptors (Lipinski definition) is 26. The summed E-state index contributed by atoms with van der Waals surface area (Å²) < 4.78 is 0. The predicted molar refractivity (Wildman–Crippen MR) is 447 cm³/mol. The van der Waals surface area contributed by atoms with Crippen molar-refractivity contribution in [3.63, 3.8) is 0 Å². The highest BCUT2D eigenvalue weighted by molar-refractivity contribution is 6.02. The number of H-pyrrole nitrogens is 1. The van der Waals surface area contributed by atoms with Gasteiger partial charge >= 0.3 is 11.9 Å². The first-order valence-corrected chi connectivity index (χ1v) is 42.2. The van der Waals surface area contributed by atoms with E-state index in [0.717, 1.165) is 11.8 Å². The topological polar surface area (TPSA) is 722 Å². The highest BCUT2D eigenvalue weighted by Gasteiger charge is 2.45. The maximum atomic E-state index is 14.7. The van der Waals surface area contributed by atoms with Gasteiger partial charge in [0.25, 0.3) is 5.91 Å². The van der Waals surface area contributed by atoms with Gasteiger partial charge in [-0.1, -0.05) is 98.6 Å². The smallest absolute Gasteiger partial charge is 0.326 e. The number of carboxylic acid groups (broad SMARTS) is 2. The van der Waals surface area contributed by atoms with E-state index in [1.54, 1.807) is 85.9 Å². The van der Waals surface area contributed by atoms with Gasteiger partial charge in [-0.2, -0.15) is 0 Å². The van der Waals surface area contributed by atoms with E-state index in [9.17, 15) is 122 Å². The summed E-state index contributed by atoms with van der Waals surface area (Å²) in [5.41, 5.74) is 15.8. The summed E-state index contributed by atoms with van der Waals surface area (Å²) >= 11 is 0. The summed E-state index contributed by atoms with van der Waals surface area (Å²) in [7, 11) is 0. The van der Waals surface area contributed by atoms with Gasteiger partial charge in [0.2, 0.25) is 88.6 Å². The fraction of sp³-hybridized carbons (Fsp3) is 0.650. The number of aliphatic carboxylic acids is 2. The van der Waals surface area contributed by atoms with E-state index in [-0.39, 0.29) is 58.2 Å². The molecular weight excluding hydrogens is 1660 g/mol. The molecule has 16 amide bonds. The molecule has 0 bridgehead atoms. The van der Waals surface area contributed by atoms with Crippen molar-refractivity contribution in [1.29, 1.82) is 0 Å². The van der Waals surface area contributed by atoms with E-state index in [4.69, 9.17) is 11.5 Å². The fourth-order valence-corrected chi connectivity index (χ4v) is 14.3. The fourth-order valence-electron chi connectivity index (χ4n) is 14.3. The number of likely N-dealkylation sites (tertiary alicyclic amines) is 2. The average Bonchev–Trinajstić information content (AvgIpc) is 1.67. The van der Waals surface area contributed by atoms with Crippen LogP contribution in [-0.2, 0) is 92.7 Å². The van der Waals surface area contributed by atoms with Crippen LogP contribution in [0.25, 0.3) is 10.9 Å². The minimum Gasteiger partial charge on any atom is -0.481 e. The van der Waals surface area contributed by atoms with Gasteiger partial charge in [0.05, 0.1) is 39.1 Å². The van der Waals surface area contributed by atoms with Crippen LogP contribution in [0.5, 0.6) is 0 Å². The molecule has 19 atom stereocenters. The Kier molecular flexibility index (Phi) is 42.3. The van der Waals surface area contributed by atoms with Crippen LogP contribution in [0.1, 0.15) is 139 Å². The van der Waals surface area contributed by atoms with Crippen LogP contribution >= 0.6 is 0 Å². The number of para-hydroxylation sites is 1. The first kappa shape index (κ1) is 105.